The Morgan fingerprint density at radius 1 is 1.08 bits per heavy atom. The summed E-state index contributed by atoms with van der Waals surface area (Å²) >= 11 is 0. The number of carbonyl (C=O) groups is 2. The second-order valence-electron chi connectivity index (χ2n) is 8.57. The summed E-state index contributed by atoms with van der Waals surface area (Å²) in [6.45, 7) is 2.87. The fourth-order valence-electron chi connectivity index (χ4n) is 4.46. The van der Waals surface area contributed by atoms with Crippen molar-refractivity contribution in [2.75, 3.05) is 5.32 Å². The Kier molecular flexibility index (Phi) is 6.84. The summed E-state index contributed by atoms with van der Waals surface area (Å²) in [5.74, 6) is -2.53. The zero-order valence-corrected chi connectivity index (χ0v) is 19.8. The van der Waals surface area contributed by atoms with Crippen molar-refractivity contribution in [2.45, 2.75) is 38.8 Å². The first-order valence-electron chi connectivity index (χ1n) is 11.2. The smallest absolute Gasteiger partial charge is 0.357 e. The van der Waals surface area contributed by atoms with Gasteiger partial charge in [-0.2, -0.15) is 18.3 Å². The fraction of sp³-hybridized carbons (Fsp3) is 0.240. The number of amides is 2. The number of hydrazone groups is 1. The number of halogens is 3. The summed E-state index contributed by atoms with van der Waals surface area (Å²) in [6, 6.07) is 11.0. The summed E-state index contributed by atoms with van der Waals surface area (Å²) in [4.78, 5) is 35.9. The van der Waals surface area contributed by atoms with E-state index in [4.69, 9.17) is 0 Å². The van der Waals surface area contributed by atoms with Crippen molar-refractivity contribution >= 4 is 23.2 Å². The zero-order valence-electron chi connectivity index (χ0n) is 19.8. The Hall–Kier alpha value is -4.48. The highest BCUT2D eigenvalue weighted by Crippen LogP contribution is 2.44. The number of hydrogen-bond donors (Lipinski definition) is 3. The number of hydrogen-bond acceptors (Lipinski definition) is 6. The number of nitrogens with one attached hydrogen (secondary N) is 3. The SMILES string of the molecule is CC1=C(C(=O)Nc2ccc(C3=NNC(=O)CC3)cc2)C(c2ccccc2C(F)(F)F)C([N+](=O)[O-])=C(C)N1. The quantitative estimate of drug-likeness (QED) is 0.403. The molecule has 4 rings (SSSR count). The third-order valence-corrected chi connectivity index (χ3v) is 6.12. The molecule has 0 fully saturated rings. The Bertz CT molecular complexity index is 1380. The number of alkyl halides is 3. The molecule has 2 aromatic carbocycles. The van der Waals surface area contributed by atoms with E-state index in [1.165, 1.54) is 26.0 Å². The number of dihydropyridines is 1. The van der Waals surface area contributed by atoms with E-state index in [0.29, 0.717) is 24.2 Å². The highest BCUT2D eigenvalue weighted by Gasteiger charge is 2.44. The van der Waals surface area contributed by atoms with Crippen LogP contribution in [0.2, 0.25) is 0 Å². The van der Waals surface area contributed by atoms with Gasteiger partial charge in [0, 0.05) is 24.2 Å². The maximum absolute atomic E-state index is 13.9. The summed E-state index contributed by atoms with van der Waals surface area (Å²) in [5, 5.41) is 21.4. The van der Waals surface area contributed by atoms with E-state index < -0.39 is 34.2 Å². The molecule has 2 heterocycles. The first-order chi connectivity index (χ1) is 17.5. The van der Waals surface area contributed by atoms with Crippen molar-refractivity contribution < 1.29 is 27.7 Å². The Morgan fingerprint density at radius 3 is 2.35 bits per heavy atom. The van der Waals surface area contributed by atoms with Gasteiger partial charge in [-0.1, -0.05) is 30.3 Å². The van der Waals surface area contributed by atoms with Gasteiger partial charge in [0.15, 0.2) is 0 Å². The Labute approximate surface area is 209 Å². The molecule has 2 aliphatic heterocycles. The number of anilines is 1. The molecule has 1 unspecified atom stereocenters. The summed E-state index contributed by atoms with van der Waals surface area (Å²) in [5.41, 5.74) is 2.17. The lowest BCUT2D eigenvalue weighted by molar-refractivity contribution is -0.431. The van der Waals surface area contributed by atoms with E-state index in [1.54, 1.807) is 24.3 Å². The van der Waals surface area contributed by atoms with Gasteiger partial charge < -0.3 is 10.6 Å². The van der Waals surface area contributed by atoms with Gasteiger partial charge in [-0.3, -0.25) is 19.7 Å². The molecule has 37 heavy (non-hydrogen) atoms. The molecule has 2 aliphatic rings. The van der Waals surface area contributed by atoms with E-state index in [2.05, 4.69) is 21.2 Å². The van der Waals surface area contributed by atoms with Gasteiger partial charge in [-0.25, -0.2) is 5.43 Å². The van der Waals surface area contributed by atoms with Crippen LogP contribution in [0.1, 0.15) is 49.3 Å². The second kappa shape index (κ2) is 9.88. The van der Waals surface area contributed by atoms with E-state index >= 15 is 0 Å². The average molecular weight is 513 g/mol. The van der Waals surface area contributed by atoms with E-state index in [1.807, 2.05) is 0 Å². The lowest BCUT2D eigenvalue weighted by atomic mass is 9.81. The van der Waals surface area contributed by atoms with Crippen LogP contribution >= 0.6 is 0 Å². The highest BCUT2D eigenvalue weighted by molar-refractivity contribution is 6.07. The molecule has 192 valence electrons. The van der Waals surface area contributed by atoms with Gasteiger partial charge in [-0.05, 0) is 43.2 Å². The maximum atomic E-state index is 13.9. The maximum Gasteiger partial charge on any atom is 0.416 e. The van der Waals surface area contributed by atoms with Gasteiger partial charge in [0.2, 0.25) is 5.91 Å². The fourth-order valence-corrected chi connectivity index (χ4v) is 4.46. The minimum atomic E-state index is -4.79. The largest absolute Gasteiger partial charge is 0.416 e. The molecule has 2 amide bonds. The number of rotatable bonds is 5. The second-order valence-corrected chi connectivity index (χ2v) is 8.57. The predicted molar refractivity (Wildman–Crippen MR) is 129 cm³/mol. The monoisotopic (exact) mass is 513 g/mol. The third kappa shape index (κ3) is 5.22. The number of nitrogens with zero attached hydrogens (tertiary/aromatic N) is 2. The van der Waals surface area contributed by atoms with Crippen LogP contribution < -0.4 is 16.1 Å². The molecule has 12 heteroatoms. The molecular weight excluding hydrogens is 491 g/mol. The van der Waals surface area contributed by atoms with Crippen LogP contribution in [0, 0.1) is 10.1 Å². The molecule has 0 bridgehead atoms. The van der Waals surface area contributed by atoms with Crippen molar-refractivity contribution in [3.8, 4) is 0 Å². The Morgan fingerprint density at radius 2 is 1.76 bits per heavy atom. The van der Waals surface area contributed by atoms with Crippen LogP contribution in [0.25, 0.3) is 0 Å². The predicted octanol–water partition coefficient (Wildman–Crippen LogP) is 4.43. The van der Waals surface area contributed by atoms with Crippen molar-refractivity contribution in [1.29, 1.82) is 0 Å². The first-order valence-corrected chi connectivity index (χ1v) is 11.2. The molecule has 0 aromatic heterocycles. The van der Waals surface area contributed by atoms with Crippen molar-refractivity contribution in [3.63, 3.8) is 0 Å². The Balaban J connectivity index is 1.70. The molecule has 1 atom stereocenters. The lowest BCUT2D eigenvalue weighted by Crippen LogP contribution is -2.34. The van der Waals surface area contributed by atoms with E-state index in [-0.39, 0.29) is 28.4 Å². The normalized spacial score (nSPS) is 18.1. The molecule has 3 N–H and O–H groups in total. The molecular formula is C25H22F3N5O4. The zero-order chi connectivity index (χ0) is 26.9. The van der Waals surface area contributed by atoms with Gasteiger partial charge >= 0.3 is 6.18 Å². The molecule has 0 spiro atoms. The number of benzene rings is 2. The summed E-state index contributed by atoms with van der Waals surface area (Å²) < 4.78 is 41.6. The van der Waals surface area contributed by atoms with E-state index in [9.17, 15) is 32.9 Å². The number of allylic oxidation sites excluding steroid dienone is 3. The van der Waals surface area contributed by atoms with Gasteiger partial charge in [0.05, 0.1) is 27.5 Å². The van der Waals surface area contributed by atoms with Gasteiger partial charge in [0.1, 0.15) is 5.92 Å². The molecule has 0 aliphatic carbocycles. The minimum Gasteiger partial charge on any atom is -0.357 e. The van der Waals surface area contributed by atoms with Crippen LogP contribution in [0.15, 0.2) is 76.3 Å². The van der Waals surface area contributed by atoms with Crippen LogP contribution in [-0.4, -0.2) is 22.4 Å². The first kappa shape index (κ1) is 25.6. The van der Waals surface area contributed by atoms with Crippen LogP contribution in [-0.2, 0) is 15.8 Å². The number of carbonyl (C=O) groups excluding carboxylic acids is 2. The van der Waals surface area contributed by atoms with Crippen LogP contribution in [0.5, 0.6) is 0 Å². The van der Waals surface area contributed by atoms with Gasteiger partial charge in [-0.15, -0.1) is 0 Å². The van der Waals surface area contributed by atoms with Crippen LogP contribution in [0.4, 0.5) is 18.9 Å². The molecule has 2 aromatic rings. The molecule has 0 saturated heterocycles. The molecule has 9 nitrogen and oxygen atoms in total. The third-order valence-electron chi connectivity index (χ3n) is 6.12. The topological polar surface area (TPSA) is 126 Å². The van der Waals surface area contributed by atoms with Crippen molar-refractivity contribution in [1.82, 2.24) is 10.7 Å². The summed E-state index contributed by atoms with van der Waals surface area (Å²) in [6.07, 6.45) is -4.04. The number of nitro groups is 1. The molecule has 0 radical (unpaired) electrons. The minimum absolute atomic E-state index is 0.0470. The lowest BCUT2D eigenvalue weighted by Gasteiger charge is -2.28. The van der Waals surface area contributed by atoms with Crippen molar-refractivity contribution in [3.05, 3.63) is 98.0 Å². The summed E-state index contributed by atoms with van der Waals surface area (Å²) in [7, 11) is 0. The standard InChI is InChI=1S/C25H22F3N5O4/c1-13-21(24(35)30-16-9-7-15(8-10-16)19-11-12-20(34)32-31-19)22(23(33(36)37)14(2)29-13)17-5-3-4-6-18(17)25(26,27)28/h3-10,22,29H,11-12H2,1-2H3,(H,30,35)(H,32,34). The van der Waals surface area contributed by atoms with Gasteiger partial charge in [0.25, 0.3) is 11.6 Å². The highest BCUT2D eigenvalue weighted by atomic mass is 19.4. The molecule has 0 saturated carbocycles. The van der Waals surface area contributed by atoms with Crippen molar-refractivity contribution in [2.24, 2.45) is 5.10 Å². The van der Waals surface area contributed by atoms with E-state index in [0.717, 1.165) is 17.7 Å². The average Bonchev–Trinajstić information content (AvgIpc) is 2.83. The van der Waals surface area contributed by atoms with Crippen LogP contribution in [0.3, 0.4) is 0 Å².